The van der Waals surface area contributed by atoms with Crippen LogP contribution in [-0.4, -0.2) is 33.5 Å². The van der Waals surface area contributed by atoms with Gasteiger partial charge in [0.15, 0.2) is 0 Å². The molecular weight excluding hydrogens is 288 g/mol. The molecule has 1 fully saturated rings. The van der Waals surface area contributed by atoms with Gasteiger partial charge in [-0.15, -0.1) is 10.2 Å². The van der Waals surface area contributed by atoms with Crippen LogP contribution in [0.1, 0.15) is 56.9 Å². The molecule has 0 spiro atoms. The molecule has 118 valence electrons. The van der Waals surface area contributed by atoms with Gasteiger partial charge in [-0.25, -0.2) is 4.79 Å². The minimum Gasteiger partial charge on any atom is -0.388 e. The molecule has 6 nitrogen and oxygen atoms in total. The van der Waals surface area contributed by atoms with E-state index in [1.165, 1.54) is 24.2 Å². The number of unbranched alkanes of at least 4 members (excludes halogenated alkanes) is 2. The maximum absolute atomic E-state index is 11.8. The molecule has 0 aromatic carbocycles. The fourth-order valence-electron chi connectivity index (χ4n) is 2.53. The lowest BCUT2D eigenvalue weighted by Gasteiger charge is -2.22. The Bertz CT molecular complexity index is 458. The number of carbonyl (C=O) groups excluding carboxylic acids is 1. The normalized spacial score (nSPS) is 16.9. The average Bonchev–Trinajstić information content (AvgIpc) is 3.07. The van der Waals surface area contributed by atoms with Crippen LogP contribution in [0.4, 0.5) is 9.93 Å². The Hall–Kier alpha value is -1.21. The average molecular weight is 312 g/mol. The van der Waals surface area contributed by atoms with Gasteiger partial charge < -0.3 is 10.4 Å². The van der Waals surface area contributed by atoms with E-state index in [1.54, 1.807) is 0 Å². The third kappa shape index (κ3) is 5.24. The van der Waals surface area contributed by atoms with Crippen LogP contribution in [0.25, 0.3) is 0 Å². The number of aromatic nitrogens is 2. The standard InChI is InChI=1S/C14H24N4O2S/c1-2-3-4-7-11-17-18-13(21-11)16-12(19)15-10-14(20)8-5-6-9-14/h20H,2-10H2,1H3,(H2,15,16,18,19). The number of nitrogens with one attached hydrogen (secondary N) is 2. The fourth-order valence-corrected chi connectivity index (χ4v) is 3.30. The number of carbonyl (C=O) groups is 1. The third-order valence-electron chi connectivity index (χ3n) is 3.79. The minimum atomic E-state index is -0.732. The van der Waals surface area contributed by atoms with Crippen LogP contribution in [0.5, 0.6) is 0 Å². The van der Waals surface area contributed by atoms with Gasteiger partial charge in [0.05, 0.1) is 5.60 Å². The number of nitrogens with zero attached hydrogens (tertiary/aromatic N) is 2. The zero-order chi connectivity index (χ0) is 15.1. The highest BCUT2D eigenvalue weighted by atomic mass is 32.1. The van der Waals surface area contributed by atoms with E-state index in [0.717, 1.165) is 43.5 Å². The van der Waals surface area contributed by atoms with Gasteiger partial charge in [-0.05, 0) is 19.3 Å². The Kier molecular flexibility index (Phi) is 5.93. The number of anilines is 1. The van der Waals surface area contributed by atoms with Crippen molar-refractivity contribution >= 4 is 22.5 Å². The number of aliphatic hydroxyl groups is 1. The lowest BCUT2D eigenvalue weighted by molar-refractivity contribution is 0.0506. The van der Waals surface area contributed by atoms with E-state index in [1.807, 2.05) is 0 Å². The van der Waals surface area contributed by atoms with Crippen molar-refractivity contribution < 1.29 is 9.90 Å². The quantitative estimate of drug-likeness (QED) is 0.676. The summed E-state index contributed by atoms with van der Waals surface area (Å²) in [6.45, 7) is 2.46. The van der Waals surface area contributed by atoms with Crippen molar-refractivity contribution in [3.8, 4) is 0 Å². The Morgan fingerprint density at radius 3 is 2.81 bits per heavy atom. The fraction of sp³-hybridized carbons (Fsp3) is 0.786. The van der Waals surface area contributed by atoms with Crippen molar-refractivity contribution in [3.05, 3.63) is 5.01 Å². The van der Waals surface area contributed by atoms with Gasteiger partial charge in [-0.3, -0.25) is 5.32 Å². The highest BCUT2D eigenvalue weighted by Gasteiger charge is 2.31. The first kappa shape index (κ1) is 16.2. The SMILES string of the molecule is CCCCCc1nnc(NC(=O)NCC2(O)CCCC2)s1. The highest BCUT2D eigenvalue weighted by Crippen LogP contribution is 2.28. The number of aryl methyl sites for hydroxylation is 1. The lowest BCUT2D eigenvalue weighted by Crippen LogP contribution is -2.42. The van der Waals surface area contributed by atoms with Crippen molar-refractivity contribution in [2.45, 2.75) is 63.9 Å². The summed E-state index contributed by atoms with van der Waals surface area (Å²) < 4.78 is 0. The second-order valence-corrected chi connectivity index (χ2v) is 6.76. The van der Waals surface area contributed by atoms with E-state index in [-0.39, 0.29) is 6.03 Å². The number of urea groups is 1. The second kappa shape index (κ2) is 7.70. The Balaban J connectivity index is 1.72. The Morgan fingerprint density at radius 1 is 1.33 bits per heavy atom. The number of hydrogen-bond acceptors (Lipinski definition) is 5. The first-order valence-corrected chi connectivity index (χ1v) is 8.52. The van der Waals surface area contributed by atoms with E-state index in [2.05, 4.69) is 27.8 Å². The Labute approximate surface area is 129 Å². The van der Waals surface area contributed by atoms with Crippen molar-refractivity contribution in [1.82, 2.24) is 15.5 Å². The molecule has 2 rings (SSSR count). The number of rotatable bonds is 7. The monoisotopic (exact) mass is 312 g/mol. The van der Waals surface area contributed by atoms with Crippen molar-refractivity contribution in [3.63, 3.8) is 0 Å². The predicted octanol–water partition coefficient (Wildman–Crippen LogP) is 2.70. The summed E-state index contributed by atoms with van der Waals surface area (Å²) in [7, 11) is 0. The molecule has 0 saturated heterocycles. The van der Waals surface area contributed by atoms with Crippen LogP contribution in [0.15, 0.2) is 0 Å². The zero-order valence-corrected chi connectivity index (χ0v) is 13.3. The van der Waals surface area contributed by atoms with E-state index in [0.29, 0.717) is 11.7 Å². The van der Waals surface area contributed by atoms with E-state index in [9.17, 15) is 9.90 Å². The van der Waals surface area contributed by atoms with Gasteiger partial charge in [0.2, 0.25) is 5.13 Å². The molecule has 1 aromatic heterocycles. The number of amides is 2. The minimum absolute atomic E-state index is 0.293. The molecule has 1 aliphatic rings. The van der Waals surface area contributed by atoms with Crippen LogP contribution in [0.2, 0.25) is 0 Å². The molecule has 0 radical (unpaired) electrons. The van der Waals surface area contributed by atoms with Crippen LogP contribution in [0, 0.1) is 0 Å². The molecule has 0 unspecified atom stereocenters. The van der Waals surface area contributed by atoms with Crippen LogP contribution < -0.4 is 10.6 Å². The van der Waals surface area contributed by atoms with Crippen LogP contribution in [0.3, 0.4) is 0 Å². The summed E-state index contributed by atoms with van der Waals surface area (Å²) in [4.78, 5) is 11.8. The molecule has 0 bridgehead atoms. The van der Waals surface area contributed by atoms with E-state index >= 15 is 0 Å². The van der Waals surface area contributed by atoms with Gasteiger partial charge in [0.25, 0.3) is 0 Å². The summed E-state index contributed by atoms with van der Waals surface area (Å²) >= 11 is 1.41. The van der Waals surface area contributed by atoms with Gasteiger partial charge in [0, 0.05) is 13.0 Å². The zero-order valence-electron chi connectivity index (χ0n) is 12.5. The van der Waals surface area contributed by atoms with Gasteiger partial charge in [-0.2, -0.15) is 0 Å². The molecular formula is C14H24N4O2S. The van der Waals surface area contributed by atoms with Crippen LogP contribution >= 0.6 is 11.3 Å². The third-order valence-corrected chi connectivity index (χ3v) is 4.69. The van der Waals surface area contributed by atoms with Crippen LogP contribution in [-0.2, 0) is 6.42 Å². The molecule has 0 aliphatic heterocycles. The molecule has 2 amide bonds. The van der Waals surface area contributed by atoms with Gasteiger partial charge >= 0.3 is 6.03 Å². The lowest BCUT2D eigenvalue weighted by atomic mass is 10.0. The summed E-state index contributed by atoms with van der Waals surface area (Å²) in [5.41, 5.74) is -0.732. The topological polar surface area (TPSA) is 87.1 Å². The largest absolute Gasteiger partial charge is 0.388 e. The van der Waals surface area contributed by atoms with Crippen molar-refractivity contribution in [2.24, 2.45) is 0 Å². The Morgan fingerprint density at radius 2 is 2.10 bits per heavy atom. The van der Waals surface area contributed by atoms with Crippen molar-refractivity contribution in [1.29, 1.82) is 0 Å². The maximum Gasteiger partial charge on any atom is 0.321 e. The molecule has 1 heterocycles. The first-order chi connectivity index (χ1) is 10.1. The summed E-state index contributed by atoms with van der Waals surface area (Å²) in [6.07, 6.45) is 7.94. The smallest absolute Gasteiger partial charge is 0.321 e. The summed E-state index contributed by atoms with van der Waals surface area (Å²) in [5.74, 6) is 0. The molecule has 1 saturated carbocycles. The second-order valence-electron chi connectivity index (χ2n) is 5.70. The first-order valence-electron chi connectivity index (χ1n) is 7.71. The summed E-state index contributed by atoms with van der Waals surface area (Å²) in [5, 5.41) is 25.1. The molecule has 21 heavy (non-hydrogen) atoms. The molecule has 3 N–H and O–H groups in total. The van der Waals surface area contributed by atoms with Gasteiger partial charge in [-0.1, -0.05) is 43.9 Å². The summed E-state index contributed by atoms with van der Waals surface area (Å²) in [6, 6.07) is -0.327. The van der Waals surface area contributed by atoms with Gasteiger partial charge in [0.1, 0.15) is 5.01 Å². The van der Waals surface area contributed by atoms with E-state index in [4.69, 9.17) is 0 Å². The maximum atomic E-state index is 11.8. The molecule has 1 aromatic rings. The number of hydrogen-bond donors (Lipinski definition) is 3. The van der Waals surface area contributed by atoms with E-state index < -0.39 is 5.60 Å². The molecule has 1 aliphatic carbocycles. The highest BCUT2D eigenvalue weighted by molar-refractivity contribution is 7.15. The van der Waals surface area contributed by atoms with Crippen molar-refractivity contribution in [2.75, 3.05) is 11.9 Å². The predicted molar refractivity (Wildman–Crippen MR) is 83.6 cm³/mol. The molecule has 0 atom stereocenters. The molecule has 7 heteroatoms.